The molecule has 0 unspecified atom stereocenters. The molecule has 0 aliphatic heterocycles. The van der Waals surface area contributed by atoms with Crippen LogP contribution in [-0.2, 0) is 6.42 Å². The summed E-state index contributed by atoms with van der Waals surface area (Å²) in [7, 11) is 0. The van der Waals surface area contributed by atoms with Crippen LogP contribution in [0, 0.1) is 0 Å². The molecular weight excluding hydrogens is 430 g/mol. The van der Waals surface area contributed by atoms with E-state index in [2.05, 4.69) is 54.2 Å². The molecule has 0 aliphatic carbocycles. The zero-order valence-corrected chi connectivity index (χ0v) is 21.4. The van der Waals surface area contributed by atoms with E-state index in [-0.39, 0.29) is 6.04 Å². The van der Waals surface area contributed by atoms with Crippen molar-refractivity contribution in [2.45, 2.75) is 46.6 Å². The molecule has 1 aromatic carbocycles. The maximum atomic E-state index is 5.85. The number of rotatable bonds is 12. The summed E-state index contributed by atoms with van der Waals surface area (Å²) >= 11 is 3.39. The van der Waals surface area contributed by atoms with Crippen LogP contribution in [0.5, 0.6) is 0 Å². The predicted molar refractivity (Wildman–Crippen MR) is 148 cm³/mol. The van der Waals surface area contributed by atoms with E-state index in [0.29, 0.717) is 0 Å². The third-order valence-corrected chi connectivity index (χ3v) is 6.14. The number of hydrogen-bond acceptors (Lipinski definition) is 5. The first-order valence-electron chi connectivity index (χ1n) is 11.0. The quantitative estimate of drug-likeness (QED) is 0.144. The molecule has 2 aromatic rings. The average molecular weight is 468 g/mol. The summed E-state index contributed by atoms with van der Waals surface area (Å²) in [5.74, 6) is 1.00. The Morgan fingerprint density at radius 3 is 2.56 bits per heavy atom. The molecule has 5 heteroatoms. The fourth-order valence-electron chi connectivity index (χ4n) is 2.86. The normalized spacial score (nSPS) is 12.4. The van der Waals surface area contributed by atoms with Gasteiger partial charge < -0.3 is 11.1 Å². The molecular formula is C27H37N3S2. The lowest BCUT2D eigenvalue weighted by Gasteiger charge is -2.20. The molecule has 0 saturated heterocycles. The minimum atomic E-state index is 0.0379. The first-order valence-corrected chi connectivity index (χ1v) is 12.9. The minimum Gasteiger partial charge on any atom is -0.399 e. The van der Waals surface area contributed by atoms with Crippen molar-refractivity contribution in [2.24, 2.45) is 0 Å². The lowest BCUT2D eigenvalue weighted by atomic mass is 10.0. The highest BCUT2D eigenvalue weighted by atomic mass is 32.2. The van der Waals surface area contributed by atoms with Crippen LogP contribution in [0.25, 0.3) is 5.57 Å². The van der Waals surface area contributed by atoms with Gasteiger partial charge in [0, 0.05) is 22.4 Å². The number of thiazole rings is 1. The number of anilines is 1. The van der Waals surface area contributed by atoms with Crippen LogP contribution >= 0.6 is 23.1 Å². The number of thioether (sulfide) groups is 1. The van der Waals surface area contributed by atoms with Crippen LogP contribution in [0.3, 0.4) is 0 Å². The van der Waals surface area contributed by atoms with Crippen molar-refractivity contribution >= 4 is 34.4 Å². The standard InChI is InChI=1S/C25H31N3S2.C2H6/c1-5-8-9-16-29-19(4)27-23(17-20-12-14-22(26)15-13-20)24-18-30-25(28-24)21(10-6-2)11-7-3;1-2/h5-8,10-15,18,23,27H,2,4,9,16-17,26H2,1,3H3;1-2H3/b8-5-,11-7-,21-10+;/t23-;/m0./s1. The summed E-state index contributed by atoms with van der Waals surface area (Å²) in [5, 5.41) is 7.66. The van der Waals surface area contributed by atoms with Crippen LogP contribution in [0.4, 0.5) is 5.69 Å². The van der Waals surface area contributed by atoms with Gasteiger partial charge in [-0.25, -0.2) is 4.98 Å². The van der Waals surface area contributed by atoms with Gasteiger partial charge in [0.2, 0.25) is 0 Å². The second-order valence-corrected chi connectivity index (χ2v) is 8.76. The molecule has 1 aromatic heterocycles. The number of nitrogens with two attached hydrogens (primary N) is 1. The van der Waals surface area contributed by atoms with Crippen molar-refractivity contribution in [3.8, 4) is 0 Å². The topological polar surface area (TPSA) is 50.9 Å². The monoisotopic (exact) mass is 467 g/mol. The van der Waals surface area contributed by atoms with E-state index >= 15 is 0 Å². The SMILES string of the molecule is C=C/C=C(\C=C/C)c1nc([C@H](Cc2ccc(N)cc2)NC(=C)SCC/C=C\C)cs1.CC. The number of nitrogen functional groups attached to an aromatic ring is 1. The highest BCUT2D eigenvalue weighted by Crippen LogP contribution is 2.28. The van der Waals surface area contributed by atoms with Crippen LogP contribution in [-0.4, -0.2) is 10.7 Å². The second kappa shape index (κ2) is 16.2. The Balaban J connectivity index is 0.00000249. The average Bonchev–Trinajstić information content (AvgIpc) is 3.29. The van der Waals surface area contributed by atoms with E-state index in [1.165, 1.54) is 5.56 Å². The minimum absolute atomic E-state index is 0.0379. The van der Waals surface area contributed by atoms with E-state index < -0.39 is 0 Å². The van der Waals surface area contributed by atoms with Gasteiger partial charge in [-0.2, -0.15) is 0 Å². The first kappa shape index (κ1) is 27.5. The summed E-state index contributed by atoms with van der Waals surface area (Å²) in [6.07, 6.45) is 14.0. The summed E-state index contributed by atoms with van der Waals surface area (Å²) in [6.45, 7) is 16.1. The maximum absolute atomic E-state index is 5.85. The lowest BCUT2D eigenvalue weighted by Crippen LogP contribution is -2.22. The van der Waals surface area contributed by atoms with E-state index in [1.807, 2.05) is 52.0 Å². The van der Waals surface area contributed by atoms with Gasteiger partial charge in [-0.1, -0.05) is 75.6 Å². The smallest absolute Gasteiger partial charge is 0.123 e. The van der Waals surface area contributed by atoms with Gasteiger partial charge in [0.15, 0.2) is 0 Å². The van der Waals surface area contributed by atoms with Crippen molar-refractivity contribution < 1.29 is 0 Å². The number of allylic oxidation sites excluding steroid dienone is 7. The zero-order chi connectivity index (χ0) is 23.8. The molecule has 0 aliphatic rings. The van der Waals surface area contributed by atoms with Crippen LogP contribution in [0.15, 0.2) is 84.3 Å². The Labute approximate surface area is 202 Å². The fourth-order valence-corrected chi connectivity index (χ4v) is 4.46. The van der Waals surface area contributed by atoms with Crippen molar-refractivity contribution in [1.29, 1.82) is 0 Å². The number of nitrogens with one attached hydrogen (secondary N) is 1. The number of aromatic nitrogens is 1. The predicted octanol–water partition coefficient (Wildman–Crippen LogP) is 7.94. The lowest BCUT2D eigenvalue weighted by molar-refractivity contribution is 0.599. The highest BCUT2D eigenvalue weighted by Gasteiger charge is 2.17. The van der Waals surface area contributed by atoms with Gasteiger partial charge in [-0.3, -0.25) is 0 Å². The third kappa shape index (κ3) is 9.75. The van der Waals surface area contributed by atoms with Gasteiger partial charge in [-0.05, 0) is 44.4 Å². The van der Waals surface area contributed by atoms with Gasteiger partial charge in [0.25, 0.3) is 0 Å². The van der Waals surface area contributed by atoms with Crippen LogP contribution in [0.1, 0.15) is 56.4 Å². The molecule has 32 heavy (non-hydrogen) atoms. The molecule has 0 radical (unpaired) electrons. The largest absolute Gasteiger partial charge is 0.399 e. The van der Waals surface area contributed by atoms with E-state index in [4.69, 9.17) is 10.7 Å². The van der Waals surface area contributed by atoms with Crippen LogP contribution in [0.2, 0.25) is 0 Å². The summed E-state index contributed by atoms with van der Waals surface area (Å²) in [4.78, 5) is 4.93. The number of hydrogen-bond donors (Lipinski definition) is 2. The zero-order valence-electron chi connectivity index (χ0n) is 19.8. The van der Waals surface area contributed by atoms with Gasteiger partial charge in [0.05, 0.1) is 16.8 Å². The van der Waals surface area contributed by atoms with Crippen molar-refractivity contribution in [3.05, 3.63) is 101 Å². The maximum Gasteiger partial charge on any atom is 0.123 e. The second-order valence-electron chi connectivity index (χ2n) is 6.71. The Hall–Kier alpha value is -2.50. The molecule has 172 valence electrons. The molecule has 1 heterocycles. The molecule has 2 rings (SSSR count). The van der Waals surface area contributed by atoms with Crippen molar-refractivity contribution in [3.63, 3.8) is 0 Å². The Bertz CT molecular complexity index is 905. The van der Waals surface area contributed by atoms with Gasteiger partial charge >= 0.3 is 0 Å². The molecule has 0 fully saturated rings. The van der Waals surface area contributed by atoms with Crippen molar-refractivity contribution in [2.75, 3.05) is 11.5 Å². The summed E-state index contributed by atoms with van der Waals surface area (Å²) in [5.41, 5.74) is 9.91. The Morgan fingerprint density at radius 1 is 1.22 bits per heavy atom. The molecule has 0 amide bonds. The van der Waals surface area contributed by atoms with Crippen LogP contribution < -0.4 is 11.1 Å². The molecule has 3 N–H and O–H groups in total. The van der Waals surface area contributed by atoms with E-state index in [1.54, 1.807) is 29.2 Å². The van der Waals surface area contributed by atoms with Crippen molar-refractivity contribution in [1.82, 2.24) is 10.3 Å². The first-order chi connectivity index (χ1) is 15.6. The van der Waals surface area contributed by atoms with E-state index in [0.717, 1.165) is 45.6 Å². The third-order valence-electron chi connectivity index (χ3n) is 4.32. The Morgan fingerprint density at radius 2 is 1.94 bits per heavy atom. The molecule has 0 bridgehead atoms. The molecule has 0 saturated carbocycles. The number of nitrogens with zero attached hydrogens (tertiary/aromatic N) is 1. The van der Waals surface area contributed by atoms with Gasteiger partial charge in [0.1, 0.15) is 5.01 Å². The fraction of sp³-hybridized carbons (Fsp3) is 0.296. The highest BCUT2D eigenvalue weighted by molar-refractivity contribution is 8.02. The summed E-state index contributed by atoms with van der Waals surface area (Å²) < 4.78 is 0. The molecule has 3 nitrogen and oxygen atoms in total. The number of benzene rings is 1. The molecule has 1 atom stereocenters. The molecule has 0 spiro atoms. The Kier molecular flexibility index (Phi) is 13.9. The summed E-state index contributed by atoms with van der Waals surface area (Å²) in [6, 6.07) is 8.06. The van der Waals surface area contributed by atoms with Gasteiger partial charge in [-0.15, -0.1) is 23.1 Å². The van der Waals surface area contributed by atoms with E-state index in [9.17, 15) is 0 Å².